The van der Waals surface area contributed by atoms with E-state index in [1.165, 1.54) is 25.7 Å². The zero-order chi connectivity index (χ0) is 15.7. The molecule has 6 nitrogen and oxygen atoms in total. The maximum absolute atomic E-state index is 12.6. The molecular formula is C15H29N3O3S. The highest BCUT2D eigenvalue weighted by Gasteiger charge is 2.36. The highest BCUT2D eigenvalue weighted by molar-refractivity contribution is 7.87. The summed E-state index contributed by atoms with van der Waals surface area (Å²) >= 11 is 0. The van der Waals surface area contributed by atoms with Crippen LogP contribution in [0.15, 0.2) is 0 Å². The molecule has 1 N–H and O–H groups in total. The van der Waals surface area contributed by atoms with E-state index in [1.54, 1.807) is 4.31 Å². The zero-order valence-corrected chi connectivity index (χ0v) is 14.5. The predicted octanol–water partition coefficient (Wildman–Crippen LogP) is 0.947. The highest BCUT2D eigenvalue weighted by Crippen LogP contribution is 2.27. The Kier molecular flexibility index (Phi) is 5.09. The fraction of sp³-hybridized carbons (Fsp3) is 1.00. The van der Waals surface area contributed by atoms with Crippen LogP contribution in [-0.2, 0) is 14.9 Å². The molecular weight excluding hydrogens is 302 g/mol. The first-order valence-electron chi connectivity index (χ1n) is 8.61. The number of morpholine rings is 1. The summed E-state index contributed by atoms with van der Waals surface area (Å²) in [6.07, 6.45) is 6.03. The van der Waals surface area contributed by atoms with Gasteiger partial charge in [0.25, 0.3) is 10.2 Å². The molecule has 1 aliphatic carbocycles. The number of rotatable bonds is 4. The Balaban J connectivity index is 1.55. The molecule has 3 atom stereocenters. The van der Waals surface area contributed by atoms with Crippen LogP contribution >= 0.6 is 0 Å². The van der Waals surface area contributed by atoms with Gasteiger partial charge >= 0.3 is 0 Å². The molecule has 0 radical (unpaired) electrons. The summed E-state index contributed by atoms with van der Waals surface area (Å²) in [7, 11) is -3.40. The van der Waals surface area contributed by atoms with Crippen LogP contribution in [0.5, 0.6) is 0 Å². The third-order valence-corrected chi connectivity index (χ3v) is 6.71. The van der Waals surface area contributed by atoms with Gasteiger partial charge in [-0.2, -0.15) is 17.4 Å². The van der Waals surface area contributed by atoms with Crippen molar-refractivity contribution in [1.29, 1.82) is 0 Å². The first-order chi connectivity index (χ1) is 10.4. The molecule has 0 bridgehead atoms. The standard InChI is InChI=1S/C15H29N3O3S/c1-12-9-18(10-13(2)21-12)22(19,20)16-14-7-8-17(11-14)15-5-3-4-6-15/h12-16H,3-11H2,1-2H3/t12-,13+,14-/m1/s1. The minimum Gasteiger partial charge on any atom is -0.373 e. The second-order valence-electron chi connectivity index (χ2n) is 7.12. The second-order valence-corrected chi connectivity index (χ2v) is 8.82. The molecule has 3 aliphatic rings. The molecule has 2 aliphatic heterocycles. The van der Waals surface area contributed by atoms with Crippen LogP contribution in [0.3, 0.4) is 0 Å². The van der Waals surface area contributed by atoms with Crippen LogP contribution < -0.4 is 4.72 Å². The van der Waals surface area contributed by atoms with E-state index >= 15 is 0 Å². The number of hydrogen-bond acceptors (Lipinski definition) is 4. The van der Waals surface area contributed by atoms with Crippen molar-refractivity contribution in [2.24, 2.45) is 0 Å². The Morgan fingerprint density at radius 2 is 1.64 bits per heavy atom. The molecule has 0 amide bonds. The van der Waals surface area contributed by atoms with Crippen LogP contribution in [0, 0.1) is 0 Å². The van der Waals surface area contributed by atoms with Crippen LogP contribution in [0.4, 0.5) is 0 Å². The molecule has 7 heteroatoms. The molecule has 1 saturated carbocycles. The topological polar surface area (TPSA) is 61.9 Å². The third-order valence-electron chi connectivity index (χ3n) is 5.10. The lowest BCUT2D eigenvalue weighted by atomic mass is 10.2. The van der Waals surface area contributed by atoms with E-state index < -0.39 is 10.2 Å². The van der Waals surface area contributed by atoms with Crippen molar-refractivity contribution in [3.8, 4) is 0 Å². The molecule has 0 spiro atoms. The summed E-state index contributed by atoms with van der Waals surface area (Å²) in [6, 6.07) is 0.733. The van der Waals surface area contributed by atoms with Gasteiger partial charge in [-0.25, -0.2) is 0 Å². The van der Waals surface area contributed by atoms with Gasteiger partial charge in [-0.05, 0) is 33.1 Å². The van der Waals surface area contributed by atoms with Crippen molar-refractivity contribution < 1.29 is 13.2 Å². The first kappa shape index (κ1) is 16.6. The maximum Gasteiger partial charge on any atom is 0.279 e. The fourth-order valence-corrected chi connectivity index (χ4v) is 5.67. The van der Waals surface area contributed by atoms with Gasteiger partial charge in [-0.3, -0.25) is 4.90 Å². The zero-order valence-electron chi connectivity index (χ0n) is 13.7. The van der Waals surface area contributed by atoms with E-state index in [1.807, 2.05) is 13.8 Å². The Morgan fingerprint density at radius 3 is 2.27 bits per heavy atom. The van der Waals surface area contributed by atoms with Crippen molar-refractivity contribution in [3.63, 3.8) is 0 Å². The van der Waals surface area contributed by atoms with Crippen LogP contribution in [0.25, 0.3) is 0 Å². The smallest absolute Gasteiger partial charge is 0.279 e. The van der Waals surface area contributed by atoms with E-state index in [4.69, 9.17) is 4.74 Å². The lowest BCUT2D eigenvalue weighted by molar-refractivity contribution is -0.0444. The van der Waals surface area contributed by atoms with Crippen molar-refractivity contribution in [1.82, 2.24) is 13.9 Å². The Morgan fingerprint density at radius 1 is 1.00 bits per heavy atom. The van der Waals surface area contributed by atoms with E-state index in [-0.39, 0.29) is 18.2 Å². The van der Waals surface area contributed by atoms with Gasteiger partial charge in [-0.1, -0.05) is 12.8 Å². The van der Waals surface area contributed by atoms with E-state index in [2.05, 4.69) is 9.62 Å². The lowest BCUT2D eigenvalue weighted by Gasteiger charge is -2.35. The lowest BCUT2D eigenvalue weighted by Crippen LogP contribution is -2.54. The van der Waals surface area contributed by atoms with Gasteiger partial charge < -0.3 is 4.74 Å². The van der Waals surface area contributed by atoms with Gasteiger partial charge in [0.05, 0.1) is 12.2 Å². The number of hydrogen-bond donors (Lipinski definition) is 1. The molecule has 2 heterocycles. The molecule has 0 aromatic carbocycles. The SMILES string of the molecule is C[C@@H]1CN(S(=O)(=O)N[C@@H]2CCN(C3CCCC3)C2)C[C@H](C)O1. The third kappa shape index (κ3) is 3.82. The normalized spacial score (nSPS) is 36.2. The molecule has 0 unspecified atom stereocenters. The summed E-state index contributed by atoms with van der Waals surface area (Å²) in [5, 5.41) is 0. The van der Waals surface area contributed by atoms with Crippen LogP contribution in [0.1, 0.15) is 46.0 Å². The highest BCUT2D eigenvalue weighted by atomic mass is 32.2. The summed E-state index contributed by atoms with van der Waals surface area (Å²) in [5.41, 5.74) is 0. The quantitative estimate of drug-likeness (QED) is 0.833. The summed E-state index contributed by atoms with van der Waals surface area (Å²) in [6.45, 7) is 6.62. The fourth-order valence-electron chi connectivity index (χ4n) is 4.10. The van der Waals surface area contributed by atoms with Crippen LogP contribution in [0.2, 0.25) is 0 Å². The number of ether oxygens (including phenoxy) is 1. The van der Waals surface area contributed by atoms with Gasteiger partial charge in [0.2, 0.25) is 0 Å². The average Bonchev–Trinajstić information content (AvgIpc) is 3.07. The molecule has 128 valence electrons. The summed E-state index contributed by atoms with van der Waals surface area (Å²) < 4.78 is 35.3. The Bertz CT molecular complexity index is 468. The molecule has 3 fully saturated rings. The van der Waals surface area contributed by atoms with E-state index in [0.717, 1.165) is 19.5 Å². The number of nitrogens with one attached hydrogen (secondary N) is 1. The van der Waals surface area contributed by atoms with Gasteiger partial charge in [0.1, 0.15) is 0 Å². The monoisotopic (exact) mass is 331 g/mol. The van der Waals surface area contributed by atoms with E-state index in [9.17, 15) is 8.42 Å². The molecule has 22 heavy (non-hydrogen) atoms. The maximum atomic E-state index is 12.6. The van der Waals surface area contributed by atoms with Crippen molar-refractivity contribution >= 4 is 10.2 Å². The predicted molar refractivity (Wildman–Crippen MR) is 85.9 cm³/mol. The van der Waals surface area contributed by atoms with Gasteiger partial charge in [0, 0.05) is 38.3 Å². The average molecular weight is 331 g/mol. The van der Waals surface area contributed by atoms with Crippen molar-refractivity contribution in [2.45, 2.75) is 70.2 Å². The minimum atomic E-state index is -3.40. The Labute approximate surface area is 134 Å². The second kappa shape index (κ2) is 6.73. The molecule has 2 saturated heterocycles. The van der Waals surface area contributed by atoms with Crippen molar-refractivity contribution in [2.75, 3.05) is 26.2 Å². The first-order valence-corrected chi connectivity index (χ1v) is 10.0. The molecule has 0 aromatic heterocycles. The largest absolute Gasteiger partial charge is 0.373 e. The van der Waals surface area contributed by atoms with E-state index in [0.29, 0.717) is 19.1 Å². The number of nitrogens with zero attached hydrogens (tertiary/aromatic N) is 2. The van der Waals surface area contributed by atoms with Crippen LogP contribution in [-0.4, -0.2) is 68.1 Å². The van der Waals surface area contributed by atoms with Crippen molar-refractivity contribution in [3.05, 3.63) is 0 Å². The summed E-state index contributed by atoms with van der Waals surface area (Å²) in [4.78, 5) is 2.48. The molecule has 0 aromatic rings. The Hall–Kier alpha value is -0.210. The molecule has 3 rings (SSSR count). The summed E-state index contributed by atoms with van der Waals surface area (Å²) in [5.74, 6) is 0. The number of likely N-dealkylation sites (tertiary alicyclic amines) is 1. The minimum absolute atomic E-state index is 0.0427. The van der Waals surface area contributed by atoms with Gasteiger partial charge in [0.15, 0.2) is 0 Å². The van der Waals surface area contributed by atoms with Gasteiger partial charge in [-0.15, -0.1) is 0 Å².